The highest BCUT2D eigenvalue weighted by molar-refractivity contribution is 5.78. The molecule has 1 unspecified atom stereocenters. The van der Waals surface area contributed by atoms with Crippen LogP contribution in [0.1, 0.15) is 59.8 Å². The Morgan fingerprint density at radius 3 is 2.00 bits per heavy atom. The third kappa shape index (κ3) is 6.67. The van der Waals surface area contributed by atoms with Crippen LogP contribution < -0.4 is 5.32 Å². The van der Waals surface area contributed by atoms with Crippen molar-refractivity contribution in [1.29, 1.82) is 0 Å². The van der Waals surface area contributed by atoms with Crippen molar-refractivity contribution in [2.24, 2.45) is 11.8 Å². The lowest BCUT2D eigenvalue weighted by molar-refractivity contribution is -0.126. The van der Waals surface area contributed by atoms with Crippen molar-refractivity contribution in [2.45, 2.75) is 65.8 Å². The number of amides is 1. The second-order valence-corrected chi connectivity index (χ2v) is 5.15. The van der Waals surface area contributed by atoms with E-state index in [1.165, 1.54) is 0 Å². The summed E-state index contributed by atoms with van der Waals surface area (Å²) in [5, 5.41) is 12.1. The quantitative estimate of drug-likeness (QED) is 0.654. The van der Waals surface area contributed by atoms with Crippen LogP contribution in [-0.2, 0) is 4.79 Å². The molecule has 0 saturated heterocycles. The summed E-state index contributed by atoms with van der Waals surface area (Å²) in [4.78, 5) is 12.1. The van der Waals surface area contributed by atoms with Crippen LogP contribution in [0.25, 0.3) is 0 Å². The van der Waals surface area contributed by atoms with Crippen LogP contribution in [0.15, 0.2) is 0 Å². The van der Waals surface area contributed by atoms with Gasteiger partial charge in [0.25, 0.3) is 0 Å². The number of aliphatic hydroxyl groups excluding tert-OH is 1. The van der Waals surface area contributed by atoms with Gasteiger partial charge in [0.2, 0.25) is 5.91 Å². The van der Waals surface area contributed by atoms with E-state index in [2.05, 4.69) is 33.0 Å². The van der Waals surface area contributed by atoms with E-state index < -0.39 is 0 Å². The number of rotatable bonds is 9. The highest BCUT2D eigenvalue weighted by atomic mass is 16.3. The first kappa shape index (κ1) is 16.4. The van der Waals surface area contributed by atoms with Gasteiger partial charge >= 0.3 is 0 Å². The Balaban J connectivity index is 4.33. The van der Waals surface area contributed by atoms with Crippen molar-refractivity contribution in [1.82, 2.24) is 5.32 Å². The molecule has 17 heavy (non-hydrogen) atoms. The van der Waals surface area contributed by atoms with E-state index in [0.29, 0.717) is 12.3 Å². The number of nitrogens with one attached hydrogen (secondary N) is 1. The molecule has 0 aromatic heterocycles. The van der Waals surface area contributed by atoms with Crippen LogP contribution in [0, 0.1) is 11.8 Å². The Labute approximate surface area is 106 Å². The van der Waals surface area contributed by atoms with Gasteiger partial charge in [-0.2, -0.15) is 0 Å². The number of carbonyl (C=O) groups excluding carboxylic acids is 1. The SMILES string of the molecule is CCCC(CCC)C(=O)NC(CCO)C(C)C. The number of aliphatic hydroxyl groups is 1. The first-order chi connectivity index (χ1) is 8.06. The molecule has 1 amide bonds. The average molecular weight is 243 g/mol. The highest BCUT2D eigenvalue weighted by Gasteiger charge is 2.21. The van der Waals surface area contributed by atoms with Crippen molar-refractivity contribution in [3.8, 4) is 0 Å². The molecule has 0 spiro atoms. The molecule has 0 fully saturated rings. The summed E-state index contributed by atoms with van der Waals surface area (Å²) >= 11 is 0. The first-order valence-corrected chi connectivity index (χ1v) is 6.97. The van der Waals surface area contributed by atoms with Gasteiger partial charge in [0.05, 0.1) is 0 Å². The second kappa shape index (κ2) is 9.46. The molecule has 0 aliphatic rings. The highest BCUT2D eigenvalue weighted by Crippen LogP contribution is 2.15. The van der Waals surface area contributed by atoms with E-state index in [-0.39, 0.29) is 24.5 Å². The number of hydrogen-bond acceptors (Lipinski definition) is 2. The lowest BCUT2D eigenvalue weighted by atomic mass is 9.95. The van der Waals surface area contributed by atoms with E-state index >= 15 is 0 Å². The molecule has 0 saturated carbocycles. The van der Waals surface area contributed by atoms with Crippen LogP contribution in [0.2, 0.25) is 0 Å². The standard InChI is InChI=1S/C14H29NO2/c1-5-7-12(8-6-2)14(17)15-13(9-10-16)11(3)4/h11-13,16H,5-10H2,1-4H3,(H,15,17). The van der Waals surface area contributed by atoms with Crippen LogP contribution >= 0.6 is 0 Å². The lowest BCUT2D eigenvalue weighted by Crippen LogP contribution is -2.42. The Kier molecular flexibility index (Phi) is 9.14. The normalized spacial score (nSPS) is 13.1. The summed E-state index contributed by atoms with van der Waals surface area (Å²) in [7, 11) is 0. The van der Waals surface area contributed by atoms with Crippen LogP contribution in [0.4, 0.5) is 0 Å². The molecule has 2 N–H and O–H groups in total. The second-order valence-electron chi connectivity index (χ2n) is 5.15. The number of hydrogen-bond donors (Lipinski definition) is 2. The summed E-state index contributed by atoms with van der Waals surface area (Å²) in [6.07, 6.45) is 4.66. The predicted octanol–water partition coefficient (Wildman–Crippen LogP) is 2.73. The van der Waals surface area contributed by atoms with Crippen LogP contribution in [-0.4, -0.2) is 23.7 Å². The Bertz CT molecular complexity index is 198. The zero-order chi connectivity index (χ0) is 13.3. The molecular weight excluding hydrogens is 214 g/mol. The van der Waals surface area contributed by atoms with E-state index in [0.717, 1.165) is 25.7 Å². The average Bonchev–Trinajstić information content (AvgIpc) is 2.28. The van der Waals surface area contributed by atoms with E-state index in [1.54, 1.807) is 0 Å². The summed E-state index contributed by atoms with van der Waals surface area (Å²) < 4.78 is 0. The molecule has 1 atom stereocenters. The molecule has 0 aromatic rings. The fourth-order valence-electron chi connectivity index (χ4n) is 2.12. The topological polar surface area (TPSA) is 49.3 Å². The third-order valence-electron chi connectivity index (χ3n) is 3.22. The molecule has 0 aromatic carbocycles. The van der Waals surface area contributed by atoms with Gasteiger partial charge in [-0.05, 0) is 25.2 Å². The summed E-state index contributed by atoms with van der Waals surface area (Å²) in [6.45, 7) is 8.52. The van der Waals surface area contributed by atoms with Gasteiger partial charge < -0.3 is 10.4 Å². The summed E-state index contributed by atoms with van der Waals surface area (Å²) in [6, 6.07) is 0.101. The van der Waals surface area contributed by atoms with Crippen LogP contribution in [0.5, 0.6) is 0 Å². The third-order valence-corrected chi connectivity index (χ3v) is 3.22. The molecule has 0 bridgehead atoms. The molecule has 0 rings (SSSR count). The van der Waals surface area contributed by atoms with Crippen molar-refractivity contribution in [2.75, 3.05) is 6.61 Å². The summed E-state index contributed by atoms with van der Waals surface area (Å²) in [5.41, 5.74) is 0. The maximum atomic E-state index is 12.1. The van der Waals surface area contributed by atoms with Crippen molar-refractivity contribution in [3.05, 3.63) is 0 Å². The lowest BCUT2D eigenvalue weighted by Gasteiger charge is -2.24. The minimum atomic E-state index is 0.101. The van der Waals surface area contributed by atoms with Gasteiger partial charge in [-0.3, -0.25) is 4.79 Å². The Morgan fingerprint density at radius 1 is 1.12 bits per heavy atom. The molecule has 3 heteroatoms. The van der Waals surface area contributed by atoms with Crippen molar-refractivity contribution < 1.29 is 9.90 Å². The minimum Gasteiger partial charge on any atom is -0.396 e. The van der Waals surface area contributed by atoms with Gasteiger partial charge in [0.1, 0.15) is 0 Å². The van der Waals surface area contributed by atoms with Gasteiger partial charge in [-0.15, -0.1) is 0 Å². The molecule has 0 radical (unpaired) electrons. The molecule has 3 nitrogen and oxygen atoms in total. The maximum Gasteiger partial charge on any atom is 0.223 e. The predicted molar refractivity (Wildman–Crippen MR) is 71.8 cm³/mol. The molecule has 0 aliphatic heterocycles. The molecule has 0 aliphatic carbocycles. The monoisotopic (exact) mass is 243 g/mol. The first-order valence-electron chi connectivity index (χ1n) is 6.97. The fourth-order valence-corrected chi connectivity index (χ4v) is 2.12. The Morgan fingerprint density at radius 2 is 1.65 bits per heavy atom. The van der Waals surface area contributed by atoms with Crippen molar-refractivity contribution >= 4 is 5.91 Å². The molecule has 0 heterocycles. The van der Waals surface area contributed by atoms with E-state index in [4.69, 9.17) is 5.11 Å². The van der Waals surface area contributed by atoms with Gasteiger partial charge in [0, 0.05) is 18.6 Å². The van der Waals surface area contributed by atoms with Crippen LogP contribution in [0.3, 0.4) is 0 Å². The minimum absolute atomic E-state index is 0.101. The van der Waals surface area contributed by atoms with Gasteiger partial charge in [-0.1, -0.05) is 40.5 Å². The van der Waals surface area contributed by atoms with Gasteiger partial charge in [0.15, 0.2) is 0 Å². The molecule has 102 valence electrons. The fraction of sp³-hybridized carbons (Fsp3) is 0.929. The smallest absolute Gasteiger partial charge is 0.223 e. The largest absolute Gasteiger partial charge is 0.396 e. The zero-order valence-electron chi connectivity index (χ0n) is 11.8. The van der Waals surface area contributed by atoms with E-state index in [1.807, 2.05) is 0 Å². The van der Waals surface area contributed by atoms with E-state index in [9.17, 15) is 4.79 Å². The molecular formula is C14H29NO2. The number of carbonyl (C=O) groups is 1. The zero-order valence-corrected chi connectivity index (χ0v) is 11.8. The summed E-state index contributed by atoms with van der Waals surface area (Å²) in [5.74, 6) is 0.681. The van der Waals surface area contributed by atoms with Crippen molar-refractivity contribution in [3.63, 3.8) is 0 Å². The maximum absolute atomic E-state index is 12.1. The van der Waals surface area contributed by atoms with Gasteiger partial charge in [-0.25, -0.2) is 0 Å². The Hall–Kier alpha value is -0.570.